The van der Waals surface area contributed by atoms with Crippen LogP contribution in [0.1, 0.15) is 24.2 Å². The summed E-state index contributed by atoms with van der Waals surface area (Å²) in [4.78, 5) is 20.2. The first-order valence-electron chi connectivity index (χ1n) is 7.56. The van der Waals surface area contributed by atoms with E-state index in [4.69, 9.17) is 5.73 Å². The van der Waals surface area contributed by atoms with Crippen molar-refractivity contribution in [2.75, 3.05) is 44.6 Å². The molecule has 0 spiro atoms. The summed E-state index contributed by atoms with van der Waals surface area (Å²) >= 11 is 0. The van der Waals surface area contributed by atoms with Crippen LogP contribution < -0.4 is 11.1 Å². The van der Waals surface area contributed by atoms with Gasteiger partial charge < -0.3 is 16.0 Å². The highest BCUT2D eigenvalue weighted by molar-refractivity contribution is 5.98. The largest absolute Gasteiger partial charge is 0.383 e. The van der Waals surface area contributed by atoms with Gasteiger partial charge in [-0.3, -0.25) is 14.7 Å². The number of likely N-dealkylation sites (N-methyl/N-ethyl adjacent to an activating group) is 1. The highest BCUT2D eigenvalue weighted by atomic mass is 16.1. The number of hydrogen-bond acceptors (Lipinski definition) is 5. The molecule has 21 heavy (non-hydrogen) atoms. The lowest BCUT2D eigenvalue weighted by Crippen LogP contribution is -2.51. The Morgan fingerprint density at radius 2 is 2.14 bits per heavy atom. The Kier molecular flexibility index (Phi) is 5.52. The Hall–Kier alpha value is -1.66. The van der Waals surface area contributed by atoms with E-state index in [1.807, 2.05) is 0 Å². The second-order valence-electron chi connectivity index (χ2n) is 5.49. The number of carbonyl (C=O) groups is 1. The monoisotopic (exact) mass is 291 g/mol. The van der Waals surface area contributed by atoms with Gasteiger partial charge in [0.25, 0.3) is 5.91 Å². The van der Waals surface area contributed by atoms with Gasteiger partial charge in [0, 0.05) is 51.2 Å². The van der Waals surface area contributed by atoms with E-state index in [1.54, 1.807) is 12.3 Å². The first-order chi connectivity index (χ1) is 10.1. The predicted molar refractivity (Wildman–Crippen MR) is 84.4 cm³/mol. The number of nitrogens with two attached hydrogens (primary N) is 1. The molecule has 0 saturated carbocycles. The molecule has 1 unspecified atom stereocenters. The van der Waals surface area contributed by atoms with Crippen molar-refractivity contribution in [3.05, 3.63) is 24.0 Å². The number of nitrogens with one attached hydrogen (secondary N) is 1. The molecule has 1 aliphatic rings. The molecule has 1 saturated heterocycles. The third-order valence-electron chi connectivity index (χ3n) is 4.15. The zero-order valence-corrected chi connectivity index (χ0v) is 12.9. The van der Waals surface area contributed by atoms with E-state index in [0.29, 0.717) is 11.6 Å². The molecule has 1 fully saturated rings. The Morgan fingerprint density at radius 3 is 2.76 bits per heavy atom. The number of nitrogens with zero attached hydrogens (tertiary/aromatic N) is 3. The van der Waals surface area contributed by atoms with Crippen molar-refractivity contribution < 1.29 is 4.79 Å². The van der Waals surface area contributed by atoms with E-state index < -0.39 is 5.91 Å². The number of pyridine rings is 1. The minimum Gasteiger partial charge on any atom is -0.383 e. The smallest absolute Gasteiger partial charge is 0.252 e. The van der Waals surface area contributed by atoms with Crippen molar-refractivity contribution in [1.82, 2.24) is 14.8 Å². The molecule has 1 atom stereocenters. The molecule has 2 rings (SSSR count). The molecule has 6 nitrogen and oxygen atoms in total. The average molecular weight is 291 g/mol. The van der Waals surface area contributed by atoms with E-state index in [0.717, 1.165) is 45.0 Å². The fourth-order valence-electron chi connectivity index (χ4n) is 2.65. The van der Waals surface area contributed by atoms with Gasteiger partial charge in [-0.25, -0.2) is 0 Å². The zero-order valence-electron chi connectivity index (χ0n) is 12.9. The van der Waals surface area contributed by atoms with Crippen LogP contribution >= 0.6 is 0 Å². The van der Waals surface area contributed by atoms with Crippen LogP contribution in [0, 0.1) is 0 Å². The predicted octanol–water partition coefficient (Wildman–Crippen LogP) is 0.618. The van der Waals surface area contributed by atoms with Crippen LogP contribution in [0.4, 0.5) is 5.69 Å². The van der Waals surface area contributed by atoms with Crippen molar-refractivity contribution in [3.63, 3.8) is 0 Å². The molecule has 0 aliphatic carbocycles. The summed E-state index contributed by atoms with van der Waals surface area (Å²) < 4.78 is 0. The van der Waals surface area contributed by atoms with Crippen molar-refractivity contribution in [1.29, 1.82) is 0 Å². The first kappa shape index (κ1) is 15.7. The molecule has 3 N–H and O–H groups in total. The van der Waals surface area contributed by atoms with Crippen molar-refractivity contribution in [2.24, 2.45) is 5.73 Å². The maximum absolute atomic E-state index is 11.4. The number of rotatable bonds is 6. The van der Waals surface area contributed by atoms with Gasteiger partial charge in [0.1, 0.15) is 0 Å². The second kappa shape index (κ2) is 7.38. The van der Waals surface area contributed by atoms with Gasteiger partial charge in [-0.15, -0.1) is 0 Å². The van der Waals surface area contributed by atoms with E-state index in [-0.39, 0.29) is 0 Å². The number of hydrogen-bond donors (Lipinski definition) is 2. The Balaban J connectivity index is 1.87. The molecular weight excluding hydrogens is 266 g/mol. The van der Waals surface area contributed by atoms with Gasteiger partial charge in [0.15, 0.2) is 0 Å². The number of anilines is 1. The van der Waals surface area contributed by atoms with Gasteiger partial charge in [-0.05, 0) is 19.5 Å². The molecule has 0 aromatic carbocycles. The Morgan fingerprint density at radius 1 is 1.43 bits per heavy atom. The van der Waals surface area contributed by atoms with Gasteiger partial charge in [0.05, 0.1) is 11.3 Å². The second-order valence-corrected chi connectivity index (χ2v) is 5.49. The number of amides is 1. The van der Waals surface area contributed by atoms with Crippen molar-refractivity contribution >= 4 is 11.6 Å². The summed E-state index contributed by atoms with van der Waals surface area (Å²) in [5.74, 6) is -0.449. The summed E-state index contributed by atoms with van der Waals surface area (Å²) in [7, 11) is 0. The van der Waals surface area contributed by atoms with Crippen LogP contribution in [-0.2, 0) is 0 Å². The van der Waals surface area contributed by atoms with Crippen LogP contribution in [0.3, 0.4) is 0 Å². The minimum absolute atomic E-state index is 0.415. The molecule has 2 heterocycles. The van der Waals surface area contributed by atoms with E-state index in [2.05, 4.69) is 33.9 Å². The SMILES string of the molecule is CCN1CCN(C(C)CNc2ccncc2C(N)=O)CC1. The number of aromatic nitrogens is 1. The van der Waals surface area contributed by atoms with Gasteiger partial charge in [-0.2, -0.15) is 0 Å². The third-order valence-corrected chi connectivity index (χ3v) is 4.15. The van der Waals surface area contributed by atoms with Crippen molar-refractivity contribution in [2.45, 2.75) is 19.9 Å². The van der Waals surface area contributed by atoms with Gasteiger partial charge in [-0.1, -0.05) is 6.92 Å². The molecule has 0 bridgehead atoms. The van der Waals surface area contributed by atoms with Gasteiger partial charge >= 0.3 is 0 Å². The van der Waals surface area contributed by atoms with E-state index in [1.165, 1.54) is 6.20 Å². The molecule has 1 aromatic heterocycles. The maximum atomic E-state index is 11.4. The van der Waals surface area contributed by atoms with E-state index >= 15 is 0 Å². The topological polar surface area (TPSA) is 74.5 Å². The molecule has 6 heteroatoms. The lowest BCUT2D eigenvalue weighted by Gasteiger charge is -2.37. The molecule has 1 aliphatic heterocycles. The number of primary amides is 1. The van der Waals surface area contributed by atoms with Crippen molar-refractivity contribution in [3.8, 4) is 0 Å². The summed E-state index contributed by atoms with van der Waals surface area (Å²) in [6.07, 6.45) is 3.18. The van der Waals surface area contributed by atoms with E-state index in [9.17, 15) is 4.79 Å². The molecule has 0 radical (unpaired) electrons. The summed E-state index contributed by atoms with van der Waals surface area (Å²) in [5.41, 5.74) is 6.57. The maximum Gasteiger partial charge on any atom is 0.252 e. The number of carbonyl (C=O) groups excluding carboxylic acids is 1. The first-order valence-corrected chi connectivity index (χ1v) is 7.56. The molecule has 116 valence electrons. The average Bonchev–Trinajstić information content (AvgIpc) is 2.52. The normalized spacial score (nSPS) is 18.4. The highest BCUT2D eigenvalue weighted by Crippen LogP contribution is 2.14. The highest BCUT2D eigenvalue weighted by Gasteiger charge is 2.20. The quantitative estimate of drug-likeness (QED) is 0.803. The summed E-state index contributed by atoms with van der Waals surface area (Å²) in [6.45, 7) is 10.8. The Labute approximate surface area is 126 Å². The zero-order chi connectivity index (χ0) is 15.2. The summed E-state index contributed by atoms with van der Waals surface area (Å²) in [6, 6.07) is 2.21. The molecule has 1 aromatic rings. The number of piperazine rings is 1. The summed E-state index contributed by atoms with van der Waals surface area (Å²) in [5, 5.41) is 3.32. The standard InChI is InChI=1S/C15H25N5O/c1-3-19-6-8-20(9-7-19)12(2)10-18-14-4-5-17-11-13(14)15(16)21/h4-5,11-12H,3,6-10H2,1-2H3,(H2,16,21)(H,17,18). The Bertz CT molecular complexity index is 471. The fourth-order valence-corrected chi connectivity index (χ4v) is 2.65. The van der Waals surface area contributed by atoms with Gasteiger partial charge in [0.2, 0.25) is 0 Å². The lowest BCUT2D eigenvalue weighted by molar-refractivity contribution is 0.1000. The third kappa shape index (κ3) is 4.15. The lowest BCUT2D eigenvalue weighted by atomic mass is 10.2. The molecular formula is C15H25N5O. The molecule has 1 amide bonds. The van der Waals surface area contributed by atoms with Crippen LogP contribution in [-0.4, -0.2) is 66.0 Å². The fraction of sp³-hybridized carbons (Fsp3) is 0.600. The van der Waals surface area contributed by atoms with Crippen LogP contribution in [0.25, 0.3) is 0 Å². The van der Waals surface area contributed by atoms with Crippen LogP contribution in [0.15, 0.2) is 18.5 Å². The van der Waals surface area contributed by atoms with Crippen LogP contribution in [0.5, 0.6) is 0 Å². The minimum atomic E-state index is -0.449. The van der Waals surface area contributed by atoms with Crippen LogP contribution in [0.2, 0.25) is 0 Å².